The molecule has 4 rings (SSSR count). The van der Waals surface area contributed by atoms with Crippen LogP contribution in [-0.2, 0) is 10.7 Å². The maximum absolute atomic E-state index is 14.3. The third-order valence-corrected chi connectivity index (χ3v) is 5.96. The molecule has 1 aromatic heterocycles. The van der Waals surface area contributed by atoms with Gasteiger partial charge in [-0.05, 0) is 42.0 Å². The summed E-state index contributed by atoms with van der Waals surface area (Å²) in [7, 11) is 0. The Morgan fingerprint density at radius 3 is 2.47 bits per heavy atom. The minimum absolute atomic E-state index is 0.0699. The Hall–Kier alpha value is -3.71. The van der Waals surface area contributed by atoms with E-state index in [1.165, 1.54) is 29.5 Å². The SMILES string of the molecule is CC(F)(F)c1ccccc1-c1sc2cc(O)ccc2c1Oc1ccc(/C=C/C(=O)O)cc1. The molecule has 1 heterocycles. The van der Waals surface area contributed by atoms with Crippen LogP contribution in [0, 0.1) is 0 Å². The summed E-state index contributed by atoms with van der Waals surface area (Å²) in [6, 6.07) is 17.8. The first kappa shape index (κ1) is 21.5. The lowest BCUT2D eigenvalue weighted by Gasteiger charge is -2.16. The minimum Gasteiger partial charge on any atom is -0.508 e. The first-order valence-corrected chi connectivity index (χ1v) is 10.5. The van der Waals surface area contributed by atoms with Crippen molar-refractivity contribution in [2.45, 2.75) is 12.8 Å². The summed E-state index contributed by atoms with van der Waals surface area (Å²) in [5, 5.41) is 19.3. The van der Waals surface area contributed by atoms with Gasteiger partial charge < -0.3 is 14.9 Å². The second-order valence-electron chi connectivity index (χ2n) is 7.22. The van der Waals surface area contributed by atoms with Gasteiger partial charge in [0.2, 0.25) is 0 Å². The molecule has 0 saturated heterocycles. The number of carbonyl (C=O) groups is 1. The zero-order valence-electron chi connectivity index (χ0n) is 16.9. The molecule has 0 aliphatic heterocycles. The lowest BCUT2D eigenvalue weighted by atomic mass is 10.0. The fourth-order valence-electron chi connectivity index (χ4n) is 3.34. The van der Waals surface area contributed by atoms with Gasteiger partial charge in [-0.1, -0.05) is 36.4 Å². The molecular formula is C25H18F2O4S. The van der Waals surface area contributed by atoms with Gasteiger partial charge in [-0.15, -0.1) is 11.3 Å². The summed E-state index contributed by atoms with van der Waals surface area (Å²) in [4.78, 5) is 11.2. The Bertz CT molecular complexity index is 1320. The van der Waals surface area contributed by atoms with Gasteiger partial charge >= 0.3 is 5.97 Å². The number of ether oxygens (including phenoxy) is 1. The number of aliphatic carboxylic acids is 1. The molecule has 0 bridgehead atoms. The van der Waals surface area contributed by atoms with Crippen LogP contribution in [0.25, 0.3) is 26.6 Å². The Balaban J connectivity index is 1.82. The summed E-state index contributed by atoms with van der Waals surface area (Å²) in [5.74, 6) is -3.15. The van der Waals surface area contributed by atoms with Crippen LogP contribution in [0.15, 0.2) is 72.8 Å². The summed E-state index contributed by atoms with van der Waals surface area (Å²) in [6.45, 7) is 0.856. The number of thiophene rings is 1. The van der Waals surface area contributed by atoms with Gasteiger partial charge in [0.05, 0.1) is 4.88 Å². The molecule has 0 spiro atoms. The largest absolute Gasteiger partial charge is 0.508 e. The van der Waals surface area contributed by atoms with Crippen LogP contribution in [0.2, 0.25) is 0 Å². The van der Waals surface area contributed by atoms with Crippen molar-refractivity contribution < 1.29 is 28.5 Å². The zero-order valence-corrected chi connectivity index (χ0v) is 17.7. The summed E-state index contributed by atoms with van der Waals surface area (Å²) in [5.41, 5.74) is 0.919. The number of halogens is 2. The highest BCUT2D eigenvalue weighted by Crippen LogP contribution is 2.49. The predicted octanol–water partition coefficient (Wildman–Crippen LogP) is 7.28. The quantitative estimate of drug-likeness (QED) is 0.302. The van der Waals surface area contributed by atoms with Crippen molar-refractivity contribution in [2.24, 2.45) is 0 Å². The number of phenolic OH excluding ortho intramolecular Hbond substituents is 1. The normalized spacial score (nSPS) is 11.8. The van der Waals surface area contributed by atoms with Crippen LogP contribution in [-0.4, -0.2) is 16.2 Å². The van der Waals surface area contributed by atoms with E-state index in [4.69, 9.17) is 9.84 Å². The van der Waals surface area contributed by atoms with E-state index in [-0.39, 0.29) is 11.3 Å². The zero-order chi connectivity index (χ0) is 22.9. The number of hydrogen-bond acceptors (Lipinski definition) is 4. The third kappa shape index (κ3) is 4.48. The minimum atomic E-state index is -3.05. The lowest BCUT2D eigenvalue weighted by molar-refractivity contribution is -0.131. The van der Waals surface area contributed by atoms with Gasteiger partial charge in [-0.25, -0.2) is 13.6 Å². The van der Waals surface area contributed by atoms with Gasteiger partial charge in [-0.3, -0.25) is 0 Å². The van der Waals surface area contributed by atoms with Crippen molar-refractivity contribution in [2.75, 3.05) is 0 Å². The van der Waals surface area contributed by atoms with Crippen molar-refractivity contribution in [3.05, 3.63) is 83.9 Å². The van der Waals surface area contributed by atoms with E-state index < -0.39 is 11.9 Å². The first-order chi connectivity index (χ1) is 15.2. The van der Waals surface area contributed by atoms with E-state index in [1.54, 1.807) is 54.6 Å². The number of carboxylic acids is 1. The molecule has 0 aliphatic rings. The Morgan fingerprint density at radius 2 is 1.78 bits per heavy atom. The molecule has 162 valence electrons. The average Bonchev–Trinajstić information content (AvgIpc) is 3.09. The van der Waals surface area contributed by atoms with Gasteiger partial charge in [0.15, 0.2) is 5.75 Å². The number of hydrogen-bond donors (Lipinski definition) is 2. The number of aromatic hydroxyl groups is 1. The van der Waals surface area contributed by atoms with Crippen molar-refractivity contribution in [3.63, 3.8) is 0 Å². The fraction of sp³-hybridized carbons (Fsp3) is 0.0800. The number of carboxylic acid groups (broad SMARTS) is 1. The van der Waals surface area contributed by atoms with Crippen LogP contribution in [0.3, 0.4) is 0 Å². The highest BCUT2D eigenvalue weighted by molar-refractivity contribution is 7.22. The highest BCUT2D eigenvalue weighted by Gasteiger charge is 2.30. The van der Waals surface area contributed by atoms with Crippen LogP contribution in [0.5, 0.6) is 17.2 Å². The van der Waals surface area contributed by atoms with Crippen molar-refractivity contribution in [3.8, 4) is 27.7 Å². The van der Waals surface area contributed by atoms with E-state index in [0.29, 0.717) is 37.6 Å². The van der Waals surface area contributed by atoms with E-state index in [2.05, 4.69) is 0 Å². The molecule has 0 radical (unpaired) electrons. The van der Waals surface area contributed by atoms with Crippen molar-refractivity contribution in [1.29, 1.82) is 0 Å². The molecule has 7 heteroatoms. The number of rotatable bonds is 6. The summed E-state index contributed by atoms with van der Waals surface area (Å²) < 4.78 is 35.5. The molecule has 0 atom stereocenters. The molecule has 32 heavy (non-hydrogen) atoms. The van der Waals surface area contributed by atoms with Gasteiger partial charge in [0.25, 0.3) is 5.92 Å². The molecule has 2 N–H and O–H groups in total. The van der Waals surface area contributed by atoms with E-state index in [1.807, 2.05) is 0 Å². The molecule has 0 fully saturated rings. The van der Waals surface area contributed by atoms with Crippen molar-refractivity contribution >= 4 is 33.5 Å². The second-order valence-corrected chi connectivity index (χ2v) is 8.27. The van der Waals surface area contributed by atoms with Gasteiger partial charge in [0, 0.05) is 34.2 Å². The number of alkyl halides is 2. The summed E-state index contributed by atoms with van der Waals surface area (Å²) in [6.07, 6.45) is 2.49. The van der Waals surface area contributed by atoms with E-state index >= 15 is 0 Å². The number of phenols is 1. The summed E-state index contributed by atoms with van der Waals surface area (Å²) >= 11 is 1.26. The molecule has 4 nitrogen and oxygen atoms in total. The Labute approximate surface area is 186 Å². The van der Waals surface area contributed by atoms with Gasteiger partial charge in [-0.2, -0.15) is 0 Å². The van der Waals surface area contributed by atoms with Gasteiger partial charge in [0.1, 0.15) is 11.5 Å². The molecular weight excluding hydrogens is 434 g/mol. The average molecular weight is 452 g/mol. The van der Waals surface area contributed by atoms with Crippen LogP contribution in [0.1, 0.15) is 18.1 Å². The number of fused-ring (bicyclic) bond motifs is 1. The smallest absolute Gasteiger partial charge is 0.328 e. The third-order valence-electron chi connectivity index (χ3n) is 4.79. The van der Waals surface area contributed by atoms with Crippen LogP contribution < -0.4 is 4.74 Å². The highest BCUT2D eigenvalue weighted by atomic mass is 32.1. The lowest BCUT2D eigenvalue weighted by Crippen LogP contribution is -2.08. The monoisotopic (exact) mass is 452 g/mol. The van der Waals surface area contributed by atoms with Crippen LogP contribution >= 0.6 is 11.3 Å². The molecule has 0 unspecified atom stereocenters. The van der Waals surface area contributed by atoms with Crippen molar-refractivity contribution in [1.82, 2.24) is 0 Å². The second kappa shape index (κ2) is 8.43. The molecule has 0 amide bonds. The molecule has 4 aromatic rings. The maximum atomic E-state index is 14.3. The molecule has 3 aromatic carbocycles. The first-order valence-electron chi connectivity index (χ1n) is 9.64. The predicted molar refractivity (Wildman–Crippen MR) is 122 cm³/mol. The van der Waals surface area contributed by atoms with Crippen LogP contribution in [0.4, 0.5) is 8.78 Å². The topological polar surface area (TPSA) is 66.8 Å². The molecule has 0 saturated carbocycles. The van der Waals surface area contributed by atoms with E-state index in [9.17, 15) is 18.7 Å². The Kier molecular flexibility index (Phi) is 5.67. The Morgan fingerprint density at radius 1 is 1.06 bits per heavy atom. The fourth-order valence-corrected chi connectivity index (χ4v) is 4.54. The van der Waals surface area contributed by atoms with E-state index in [0.717, 1.165) is 13.0 Å². The standard InChI is InChI=1S/C25H18F2O4S/c1-25(26,27)20-5-3-2-4-18(20)24-23(19-12-9-16(28)14-21(19)32-24)31-17-10-6-15(7-11-17)8-13-22(29)30/h2-14,28H,1H3,(H,29,30)/b13-8+. The maximum Gasteiger partial charge on any atom is 0.328 e. The molecule has 0 aliphatic carbocycles. The number of benzene rings is 3.